The Hall–Kier alpha value is -0.330. The number of hydrogen-bond acceptors (Lipinski definition) is 1. The van der Waals surface area contributed by atoms with Gasteiger partial charge in [0.2, 0.25) is 0 Å². The molecule has 1 heteroatoms. The number of hydrogen-bond donors (Lipinski definition) is 0. The molecule has 0 aromatic heterocycles. The molecule has 0 amide bonds. The average Bonchev–Trinajstić information content (AvgIpc) is 2.38. The van der Waals surface area contributed by atoms with Crippen LogP contribution in [0.15, 0.2) is 0 Å². The molecule has 0 heterocycles. The predicted octanol–water partition coefficient (Wildman–Crippen LogP) is 4.35. The molecule has 92 valence electrons. The monoisotopic (exact) mass is 222 g/mol. The van der Waals surface area contributed by atoms with Crippen LogP contribution in [0.4, 0.5) is 0 Å². The number of aldehydes is 1. The summed E-state index contributed by atoms with van der Waals surface area (Å²) < 4.78 is 0. The van der Waals surface area contributed by atoms with Gasteiger partial charge in [0, 0.05) is 6.42 Å². The molecule has 16 heavy (non-hydrogen) atoms. The molecule has 0 aliphatic heterocycles. The van der Waals surface area contributed by atoms with Crippen molar-refractivity contribution in [1.29, 1.82) is 0 Å². The number of carbonyl (C=O) groups excluding carboxylic acids is 1. The molecule has 2 aliphatic carbocycles. The van der Waals surface area contributed by atoms with Gasteiger partial charge in [-0.3, -0.25) is 0 Å². The summed E-state index contributed by atoms with van der Waals surface area (Å²) in [4.78, 5) is 10.9. The maximum absolute atomic E-state index is 10.9. The van der Waals surface area contributed by atoms with Crippen molar-refractivity contribution >= 4 is 6.29 Å². The zero-order valence-corrected chi connectivity index (χ0v) is 10.5. The highest BCUT2D eigenvalue weighted by Gasteiger charge is 2.30. The molecule has 0 aromatic carbocycles. The lowest BCUT2D eigenvalue weighted by molar-refractivity contribution is -0.109. The van der Waals surface area contributed by atoms with Crippen molar-refractivity contribution in [3.05, 3.63) is 0 Å². The van der Waals surface area contributed by atoms with E-state index in [0.717, 1.165) is 24.2 Å². The van der Waals surface area contributed by atoms with Gasteiger partial charge in [0.1, 0.15) is 6.29 Å². The molecule has 2 aliphatic rings. The van der Waals surface area contributed by atoms with E-state index in [0.29, 0.717) is 0 Å². The van der Waals surface area contributed by atoms with Crippen LogP contribution < -0.4 is 0 Å². The van der Waals surface area contributed by atoms with Gasteiger partial charge in [0.15, 0.2) is 0 Å². The van der Waals surface area contributed by atoms with E-state index in [2.05, 4.69) is 0 Å². The molecular formula is C15H26O. The van der Waals surface area contributed by atoms with Crippen molar-refractivity contribution in [1.82, 2.24) is 0 Å². The minimum absolute atomic E-state index is 0.734. The van der Waals surface area contributed by atoms with E-state index in [1.54, 1.807) is 0 Å². The summed E-state index contributed by atoms with van der Waals surface area (Å²) in [6.45, 7) is 0. The summed E-state index contributed by atoms with van der Waals surface area (Å²) in [5.74, 6) is 2.49. The van der Waals surface area contributed by atoms with Crippen molar-refractivity contribution in [2.24, 2.45) is 17.8 Å². The molecule has 0 radical (unpaired) electrons. The van der Waals surface area contributed by atoms with Crippen LogP contribution in [0.1, 0.15) is 70.6 Å². The van der Waals surface area contributed by atoms with Gasteiger partial charge in [-0.2, -0.15) is 0 Å². The summed E-state index contributed by atoms with van der Waals surface area (Å²) in [6, 6.07) is 0. The molecule has 0 N–H and O–H groups in total. The van der Waals surface area contributed by atoms with Crippen LogP contribution in [0, 0.1) is 17.8 Å². The Balaban J connectivity index is 1.93. The van der Waals surface area contributed by atoms with E-state index in [1.807, 2.05) is 0 Å². The van der Waals surface area contributed by atoms with Gasteiger partial charge in [-0.1, -0.05) is 64.2 Å². The minimum Gasteiger partial charge on any atom is -0.303 e. The fourth-order valence-corrected chi connectivity index (χ4v) is 4.01. The van der Waals surface area contributed by atoms with Crippen LogP contribution in [0.5, 0.6) is 0 Å². The lowest BCUT2D eigenvalue weighted by Crippen LogP contribution is -2.27. The molecule has 1 nitrogen and oxygen atoms in total. The largest absolute Gasteiger partial charge is 0.303 e. The Morgan fingerprint density at radius 2 is 1.25 bits per heavy atom. The van der Waals surface area contributed by atoms with E-state index in [1.165, 1.54) is 70.5 Å². The van der Waals surface area contributed by atoms with E-state index in [4.69, 9.17) is 0 Å². The highest BCUT2D eigenvalue weighted by Crippen LogP contribution is 2.41. The van der Waals surface area contributed by atoms with Crippen LogP contribution in [0.3, 0.4) is 0 Å². The van der Waals surface area contributed by atoms with Crippen LogP contribution in [-0.2, 0) is 4.79 Å². The third-order valence-electron chi connectivity index (χ3n) is 4.88. The molecule has 0 unspecified atom stereocenters. The molecule has 2 saturated carbocycles. The second kappa shape index (κ2) is 6.42. The zero-order valence-electron chi connectivity index (χ0n) is 10.5. The SMILES string of the molecule is O=CCC(C1CCCCC1)C1CCCCC1. The highest BCUT2D eigenvalue weighted by molar-refractivity contribution is 5.49. The van der Waals surface area contributed by atoms with E-state index < -0.39 is 0 Å². The molecule has 0 atom stereocenters. The van der Waals surface area contributed by atoms with Crippen LogP contribution in [0.2, 0.25) is 0 Å². The maximum atomic E-state index is 10.9. The van der Waals surface area contributed by atoms with Gasteiger partial charge in [-0.05, 0) is 17.8 Å². The summed E-state index contributed by atoms with van der Waals surface area (Å²) in [6.07, 6.45) is 16.1. The number of carbonyl (C=O) groups is 1. The molecule has 0 aromatic rings. The van der Waals surface area contributed by atoms with Gasteiger partial charge in [0.25, 0.3) is 0 Å². The maximum Gasteiger partial charge on any atom is 0.120 e. The van der Waals surface area contributed by atoms with Crippen LogP contribution in [-0.4, -0.2) is 6.29 Å². The Morgan fingerprint density at radius 1 is 0.812 bits per heavy atom. The Morgan fingerprint density at radius 3 is 1.62 bits per heavy atom. The first-order valence-electron chi connectivity index (χ1n) is 7.35. The first kappa shape index (κ1) is 12.1. The standard InChI is InChI=1S/C15H26O/c16-12-11-15(13-7-3-1-4-8-13)14-9-5-2-6-10-14/h12-15H,1-11H2. The minimum atomic E-state index is 0.734. The van der Waals surface area contributed by atoms with Gasteiger partial charge in [-0.25, -0.2) is 0 Å². The Kier molecular flexibility index (Phi) is 4.87. The quantitative estimate of drug-likeness (QED) is 0.646. The van der Waals surface area contributed by atoms with E-state index in [-0.39, 0.29) is 0 Å². The second-order valence-corrected chi connectivity index (χ2v) is 5.86. The fraction of sp³-hybridized carbons (Fsp3) is 0.933. The summed E-state index contributed by atoms with van der Waals surface area (Å²) in [5, 5.41) is 0. The topological polar surface area (TPSA) is 17.1 Å². The molecule has 2 rings (SSSR count). The third-order valence-corrected chi connectivity index (χ3v) is 4.88. The fourth-order valence-electron chi connectivity index (χ4n) is 4.01. The van der Waals surface area contributed by atoms with Gasteiger partial charge in [-0.15, -0.1) is 0 Å². The number of rotatable bonds is 4. The Bertz CT molecular complexity index is 181. The van der Waals surface area contributed by atoms with Crippen molar-refractivity contribution in [3.8, 4) is 0 Å². The zero-order chi connectivity index (χ0) is 11.2. The van der Waals surface area contributed by atoms with Crippen molar-refractivity contribution in [3.63, 3.8) is 0 Å². The van der Waals surface area contributed by atoms with E-state index in [9.17, 15) is 4.79 Å². The van der Waals surface area contributed by atoms with Crippen LogP contribution in [0.25, 0.3) is 0 Å². The van der Waals surface area contributed by atoms with Gasteiger partial charge >= 0.3 is 0 Å². The van der Waals surface area contributed by atoms with Crippen LogP contribution >= 0.6 is 0 Å². The summed E-state index contributed by atoms with van der Waals surface area (Å²) >= 11 is 0. The Labute approximate surface area is 100.0 Å². The average molecular weight is 222 g/mol. The van der Waals surface area contributed by atoms with E-state index >= 15 is 0 Å². The second-order valence-electron chi connectivity index (χ2n) is 5.86. The molecular weight excluding hydrogens is 196 g/mol. The molecule has 0 saturated heterocycles. The molecule has 2 fully saturated rings. The van der Waals surface area contributed by atoms with Crippen molar-refractivity contribution in [2.45, 2.75) is 70.6 Å². The summed E-state index contributed by atoms with van der Waals surface area (Å²) in [5.41, 5.74) is 0. The first-order chi connectivity index (χ1) is 7.92. The third kappa shape index (κ3) is 3.09. The molecule has 0 bridgehead atoms. The molecule has 0 spiro atoms. The van der Waals surface area contributed by atoms with Crippen molar-refractivity contribution in [2.75, 3.05) is 0 Å². The summed E-state index contributed by atoms with van der Waals surface area (Å²) in [7, 11) is 0. The van der Waals surface area contributed by atoms with Crippen molar-refractivity contribution < 1.29 is 4.79 Å². The first-order valence-corrected chi connectivity index (χ1v) is 7.35. The lowest BCUT2D eigenvalue weighted by Gasteiger charge is -2.37. The highest BCUT2D eigenvalue weighted by atomic mass is 16.1. The lowest BCUT2D eigenvalue weighted by atomic mass is 9.68. The van der Waals surface area contributed by atoms with Gasteiger partial charge < -0.3 is 4.79 Å². The predicted molar refractivity (Wildman–Crippen MR) is 67.3 cm³/mol. The smallest absolute Gasteiger partial charge is 0.120 e. The van der Waals surface area contributed by atoms with Gasteiger partial charge in [0.05, 0.1) is 0 Å². The normalized spacial score (nSPS) is 24.8.